The lowest BCUT2D eigenvalue weighted by molar-refractivity contribution is 0.0998. The summed E-state index contributed by atoms with van der Waals surface area (Å²) < 4.78 is 0. The van der Waals surface area contributed by atoms with E-state index in [1.807, 2.05) is 6.92 Å². The summed E-state index contributed by atoms with van der Waals surface area (Å²) in [6, 6.07) is 6.42. The van der Waals surface area contributed by atoms with E-state index < -0.39 is 5.91 Å². The molecule has 1 aromatic carbocycles. The molecule has 0 bridgehead atoms. The Morgan fingerprint density at radius 3 is 2.32 bits per heavy atom. The standard InChI is InChI=1S/C13H13N3O2S/c1-7-11(19-8(2)15-7)13(18)16-10-5-3-9(4-6-10)12(14)17/h3-6H,1-2H3,(H2,14,17)(H,16,18). The highest BCUT2D eigenvalue weighted by molar-refractivity contribution is 7.13. The first-order valence-electron chi connectivity index (χ1n) is 5.62. The molecule has 5 nitrogen and oxygen atoms in total. The van der Waals surface area contributed by atoms with Crippen LogP contribution in [0, 0.1) is 13.8 Å². The maximum Gasteiger partial charge on any atom is 0.267 e. The van der Waals surface area contributed by atoms with Crippen LogP contribution < -0.4 is 11.1 Å². The monoisotopic (exact) mass is 275 g/mol. The summed E-state index contributed by atoms with van der Waals surface area (Å²) in [6.45, 7) is 3.66. The molecule has 19 heavy (non-hydrogen) atoms. The predicted molar refractivity (Wildman–Crippen MR) is 74.5 cm³/mol. The molecule has 0 saturated carbocycles. The van der Waals surface area contributed by atoms with Crippen LogP contribution in [0.15, 0.2) is 24.3 Å². The second-order valence-corrected chi connectivity index (χ2v) is 5.25. The number of aromatic nitrogens is 1. The van der Waals surface area contributed by atoms with E-state index in [2.05, 4.69) is 10.3 Å². The summed E-state index contributed by atoms with van der Waals surface area (Å²) in [7, 11) is 0. The first kappa shape index (κ1) is 13.2. The van der Waals surface area contributed by atoms with Gasteiger partial charge in [0.1, 0.15) is 4.88 Å². The summed E-state index contributed by atoms with van der Waals surface area (Å²) in [5, 5.41) is 3.61. The lowest BCUT2D eigenvalue weighted by Crippen LogP contribution is -2.13. The van der Waals surface area contributed by atoms with E-state index >= 15 is 0 Å². The molecule has 0 unspecified atom stereocenters. The van der Waals surface area contributed by atoms with Crippen molar-refractivity contribution in [2.24, 2.45) is 5.73 Å². The molecule has 0 atom stereocenters. The fourth-order valence-electron chi connectivity index (χ4n) is 1.65. The third-order valence-electron chi connectivity index (χ3n) is 2.54. The molecule has 0 aliphatic rings. The smallest absolute Gasteiger partial charge is 0.267 e. The lowest BCUT2D eigenvalue weighted by Gasteiger charge is -2.04. The number of carbonyl (C=O) groups is 2. The number of primary amides is 1. The van der Waals surface area contributed by atoms with Gasteiger partial charge in [-0.3, -0.25) is 9.59 Å². The molecule has 0 aliphatic carbocycles. The molecule has 1 heterocycles. The zero-order valence-corrected chi connectivity index (χ0v) is 11.4. The summed E-state index contributed by atoms with van der Waals surface area (Å²) in [5.74, 6) is -0.693. The van der Waals surface area contributed by atoms with E-state index in [4.69, 9.17) is 5.73 Å². The van der Waals surface area contributed by atoms with Gasteiger partial charge in [0.05, 0.1) is 10.7 Å². The number of nitrogens with two attached hydrogens (primary N) is 1. The molecule has 1 aromatic heterocycles. The van der Waals surface area contributed by atoms with Gasteiger partial charge in [0.25, 0.3) is 5.91 Å². The van der Waals surface area contributed by atoms with Crippen LogP contribution in [0.5, 0.6) is 0 Å². The number of aryl methyl sites for hydroxylation is 2. The van der Waals surface area contributed by atoms with E-state index in [-0.39, 0.29) is 5.91 Å². The topological polar surface area (TPSA) is 85.1 Å². The van der Waals surface area contributed by atoms with Crippen LogP contribution in [0.2, 0.25) is 0 Å². The predicted octanol–water partition coefficient (Wildman–Crippen LogP) is 2.11. The molecule has 0 radical (unpaired) electrons. The van der Waals surface area contributed by atoms with Gasteiger partial charge in [0.15, 0.2) is 0 Å². The maximum atomic E-state index is 12.0. The van der Waals surface area contributed by atoms with Crippen LogP contribution in [0.1, 0.15) is 30.7 Å². The van der Waals surface area contributed by atoms with Crippen LogP contribution in [0.4, 0.5) is 5.69 Å². The molecule has 0 aliphatic heterocycles. The van der Waals surface area contributed by atoms with E-state index in [0.29, 0.717) is 21.8 Å². The van der Waals surface area contributed by atoms with Crippen LogP contribution >= 0.6 is 11.3 Å². The largest absolute Gasteiger partial charge is 0.366 e. The highest BCUT2D eigenvalue weighted by Crippen LogP contribution is 2.19. The fraction of sp³-hybridized carbons (Fsp3) is 0.154. The average Bonchev–Trinajstić information content (AvgIpc) is 2.69. The molecular weight excluding hydrogens is 262 g/mol. The zero-order valence-electron chi connectivity index (χ0n) is 10.6. The van der Waals surface area contributed by atoms with Gasteiger partial charge in [-0.1, -0.05) is 0 Å². The average molecular weight is 275 g/mol. The van der Waals surface area contributed by atoms with Crippen molar-refractivity contribution >= 4 is 28.8 Å². The molecule has 2 aromatic rings. The Morgan fingerprint density at radius 1 is 1.21 bits per heavy atom. The fourth-order valence-corrected chi connectivity index (χ4v) is 2.46. The Labute approximate surface area is 114 Å². The van der Waals surface area contributed by atoms with E-state index in [0.717, 1.165) is 5.01 Å². The Balaban J connectivity index is 2.15. The molecular formula is C13H13N3O2S. The lowest BCUT2D eigenvalue weighted by atomic mass is 10.2. The number of hydrogen-bond donors (Lipinski definition) is 2. The minimum atomic E-state index is -0.494. The minimum Gasteiger partial charge on any atom is -0.366 e. The second-order valence-electron chi connectivity index (χ2n) is 4.04. The summed E-state index contributed by atoms with van der Waals surface area (Å²) in [4.78, 5) is 27.8. The van der Waals surface area contributed by atoms with Crippen LogP contribution in [-0.2, 0) is 0 Å². The maximum absolute atomic E-state index is 12.0. The van der Waals surface area contributed by atoms with Gasteiger partial charge in [0, 0.05) is 11.3 Å². The molecule has 0 spiro atoms. The molecule has 98 valence electrons. The number of nitrogens with zero attached hydrogens (tertiary/aromatic N) is 1. The van der Waals surface area contributed by atoms with Gasteiger partial charge in [-0.25, -0.2) is 4.98 Å². The van der Waals surface area contributed by atoms with Crippen molar-refractivity contribution in [3.05, 3.63) is 45.4 Å². The number of thiazole rings is 1. The second kappa shape index (κ2) is 5.19. The number of benzene rings is 1. The number of rotatable bonds is 3. The highest BCUT2D eigenvalue weighted by Gasteiger charge is 2.13. The third-order valence-corrected chi connectivity index (χ3v) is 3.61. The number of anilines is 1. The summed E-state index contributed by atoms with van der Waals surface area (Å²) in [5.41, 5.74) is 6.88. The van der Waals surface area contributed by atoms with Crippen LogP contribution in [-0.4, -0.2) is 16.8 Å². The van der Waals surface area contributed by atoms with Gasteiger partial charge >= 0.3 is 0 Å². The van der Waals surface area contributed by atoms with Crippen molar-refractivity contribution in [2.75, 3.05) is 5.32 Å². The van der Waals surface area contributed by atoms with Gasteiger partial charge in [0.2, 0.25) is 5.91 Å². The molecule has 0 fully saturated rings. The molecule has 6 heteroatoms. The Morgan fingerprint density at radius 2 is 1.84 bits per heavy atom. The van der Waals surface area contributed by atoms with Crippen molar-refractivity contribution < 1.29 is 9.59 Å². The van der Waals surface area contributed by atoms with Gasteiger partial charge in [-0.2, -0.15) is 0 Å². The van der Waals surface area contributed by atoms with Crippen LogP contribution in [0.3, 0.4) is 0 Å². The normalized spacial score (nSPS) is 10.2. The van der Waals surface area contributed by atoms with Crippen molar-refractivity contribution in [2.45, 2.75) is 13.8 Å². The number of amides is 2. The highest BCUT2D eigenvalue weighted by atomic mass is 32.1. The molecule has 0 saturated heterocycles. The Hall–Kier alpha value is -2.21. The van der Waals surface area contributed by atoms with Gasteiger partial charge in [-0.05, 0) is 38.1 Å². The quantitative estimate of drug-likeness (QED) is 0.899. The number of hydrogen-bond acceptors (Lipinski definition) is 4. The van der Waals surface area contributed by atoms with Crippen molar-refractivity contribution in [1.29, 1.82) is 0 Å². The molecule has 2 amide bonds. The third kappa shape index (κ3) is 2.97. The summed E-state index contributed by atoms with van der Waals surface area (Å²) in [6.07, 6.45) is 0. The SMILES string of the molecule is Cc1nc(C)c(C(=O)Nc2ccc(C(N)=O)cc2)s1. The Kier molecular flexibility index (Phi) is 3.62. The van der Waals surface area contributed by atoms with E-state index in [1.54, 1.807) is 31.2 Å². The van der Waals surface area contributed by atoms with Gasteiger partial charge in [-0.15, -0.1) is 11.3 Å². The first-order valence-corrected chi connectivity index (χ1v) is 6.44. The van der Waals surface area contributed by atoms with Crippen molar-refractivity contribution in [1.82, 2.24) is 4.98 Å². The van der Waals surface area contributed by atoms with Gasteiger partial charge < -0.3 is 11.1 Å². The molecule has 2 rings (SSSR count). The van der Waals surface area contributed by atoms with Crippen molar-refractivity contribution in [3.63, 3.8) is 0 Å². The number of nitrogens with one attached hydrogen (secondary N) is 1. The Bertz CT molecular complexity index is 632. The number of carbonyl (C=O) groups excluding carboxylic acids is 2. The van der Waals surface area contributed by atoms with E-state index in [9.17, 15) is 9.59 Å². The minimum absolute atomic E-state index is 0.199. The van der Waals surface area contributed by atoms with E-state index in [1.165, 1.54) is 11.3 Å². The first-order chi connectivity index (χ1) is 8.97. The zero-order chi connectivity index (χ0) is 14.0. The molecule has 3 N–H and O–H groups in total. The van der Waals surface area contributed by atoms with Crippen molar-refractivity contribution in [3.8, 4) is 0 Å². The summed E-state index contributed by atoms with van der Waals surface area (Å²) >= 11 is 1.35. The van der Waals surface area contributed by atoms with Crippen LogP contribution in [0.25, 0.3) is 0 Å².